The lowest BCUT2D eigenvalue weighted by atomic mass is 9.91. The quantitative estimate of drug-likeness (QED) is 0.897. The first kappa shape index (κ1) is 14.3. The third kappa shape index (κ3) is 2.56. The molecule has 3 aliphatic rings. The van der Waals surface area contributed by atoms with Crippen LogP contribution >= 0.6 is 0 Å². The van der Waals surface area contributed by atoms with Gasteiger partial charge in [0.2, 0.25) is 5.91 Å². The number of aryl methyl sites for hydroxylation is 1. The van der Waals surface area contributed by atoms with Gasteiger partial charge in [0.25, 0.3) is 0 Å². The van der Waals surface area contributed by atoms with E-state index in [2.05, 4.69) is 41.8 Å². The molecule has 1 heterocycles. The lowest BCUT2D eigenvalue weighted by Crippen LogP contribution is -2.36. The van der Waals surface area contributed by atoms with Crippen molar-refractivity contribution in [3.05, 3.63) is 35.4 Å². The van der Waals surface area contributed by atoms with Gasteiger partial charge in [-0.2, -0.15) is 0 Å². The molecule has 3 heteroatoms. The number of amides is 1. The molecule has 1 saturated heterocycles. The number of hydrogen-bond acceptors (Lipinski definition) is 2. The summed E-state index contributed by atoms with van der Waals surface area (Å²) in [7, 11) is 0. The number of carbonyl (C=O) groups is 1. The van der Waals surface area contributed by atoms with Gasteiger partial charge >= 0.3 is 0 Å². The summed E-state index contributed by atoms with van der Waals surface area (Å²) < 4.78 is 0. The van der Waals surface area contributed by atoms with Crippen molar-refractivity contribution in [2.45, 2.75) is 45.1 Å². The average Bonchev–Trinajstić information content (AvgIpc) is 3.43. The summed E-state index contributed by atoms with van der Waals surface area (Å²) in [5, 5.41) is 6.82. The minimum atomic E-state index is 0.230. The number of rotatable bonds is 4. The Bertz CT molecular complexity index is 573. The van der Waals surface area contributed by atoms with Crippen LogP contribution in [-0.4, -0.2) is 19.0 Å². The lowest BCUT2D eigenvalue weighted by Gasteiger charge is -2.25. The van der Waals surface area contributed by atoms with Crippen LogP contribution in [0.3, 0.4) is 0 Å². The molecule has 0 bridgehead atoms. The van der Waals surface area contributed by atoms with Crippen molar-refractivity contribution in [2.24, 2.45) is 17.3 Å². The summed E-state index contributed by atoms with van der Waals surface area (Å²) in [4.78, 5) is 12.8. The highest BCUT2D eigenvalue weighted by atomic mass is 16.2. The van der Waals surface area contributed by atoms with Gasteiger partial charge in [-0.25, -0.2) is 0 Å². The number of nitrogens with one attached hydrogen (secondary N) is 2. The Hall–Kier alpha value is -1.35. The number of piperidine rings is 1. The van der Waals surface area contributed by atoms with Crippen LogP contribution in [0.15, 0.2) is 24.3 Å². The van der Waals surface area contributed by atoms with Crippen molar-refractivity contribution in [2.75, 3.05) is 13.1 Å². The van der Waals surface area contributed by atoms with E-state index in [0.29, 0.717) is 17.2 Å². The summed E-state index contributed by atoms with van der Waals surface area (Å²) in [5.74, 6) is 1.22. The van der Waals surface area contributed by atoms with Crippen molar-refractivity contribution in [3.63, 3.8) is 0 Å². The second-order valence-electron chi connectivity index (χ2n) is 7.55. The van der Waals surface area contributed by atoms with Gasteiger partial charge in [0, 0.05) is 5.92 Å². The Morgan fingerprint density at radius 3 is 2.68 bits per heavy atom. The summed E-state index contributed by atoms with van der Waals surface area (Å²) in [5.41, 5.74) is 2.94. The maximum atomic E-state index is 12.8. The van der Waals surface area contributed by atoms with Crippen molar-refractivity contribution in [1.82, 2.24) is 10.6 Å². The second kappa shape index (κ2) is 5.38. The predicted molar refractivity (Wildman–Crippen MR) is 87.4 cm³/mol. The fourth-order valence-electron chi connectivity index (χ4n) is 4.26. The molecule has 2 saturated carbocycles. The zero-order valence-electron chi connectivity index (χ0n) is 13.4. The number of carbonyl (C=O) groups excluding carboxylic acids is 1. The molecule has 118 valence electrons. The van der Waals surface area contributed by atoms with Crippen LogP contribution in [0.5, 0.6) is 0 Å². The van der Waals surface area contributed by atoms with Crippen LogP contribution in [0.1, 0.15) is 49.3 Å². The van der Waals surface area contributed by atoms with E-state index in [0.717, 1.165) is 19.5 Å². The van der Waals surface area contributed by atoms with E-state index in [4.69, 9.17) is 0 Å². The molecule has 2 unspecified atom stereocenters. The average molecular weight is 298 g/mol. The van der Waals surface area contributed by atoms with E-state index < -0.39 is 0 Å². The van der Waals surface area contributed by atoms with E-state index in [-0.39, 0.29) is 12.0 Å². The fourth-order valence-corrected chi connectivity index (χ4v) is 4.26. The minimum Gasteiger partial charge on any atom is -0.349 e. The maximum Gasteiger partial charge on any atom is 0.224 e. The molecule has 3 fully saturated rings. The summed E-state index contributed by atoms with van der Waals surface area (Å²) in [6.45, 7) is 4.31. The molecule has 2 atom stereocenters. The van der Waals surface area contributed by atoms with Gasteiger partial charge in [-0.05, 0) is 74.6 Å². The molecular formula is C19H26N2O. The Morgan fingerprint density at radius 2 is 2.00 bits per heavy atom. The Labute approximate surface area is 132 Å². The lowest BCUT2D eigenvalue weighted by molar-refractivity contribution is -0.124. The molecule has 0 aromatic heterocycles. The monoisotopic (exact) mass is 298 g/mol. The van der Waals surface area contributed by atoms with Crippen molar-refractivity contribution >= 4 is 5.91 Å². The summed E-state index contributed by atoms with van der Waals surface area (Å²) in [6, 6.07) is 8.74. The molecule has 3 nitrogen and oxygen atoms in total. The van der Waals surface area contributed by atoms with Crippen LogP contribution < -0.4 is 10.6 Å². The van der Waals surface area contributed by atoms with E-state index in [1.54, 1.807) is 0 Å². The van der Waals surface area contributed by atoms with Crippen molar-refractivity contribution in [1.29, 1.82) is 0 Å². The molecule has 0 radical (unpaired) electrons. The highest BCUT2D eigenvalue weighted by Gasteiger charge is 2.58. The molecular weight excluding hydrogens is 272 g/mol. The molecule has 1 spiro atoms. The molecule has 1 aliphatic heterocycles. The molecule has 4 rings (SSSR count). The van der Waals surface area contributed by atoms with Crippen LogP contribution in [0, 0.1) is 24.2 Å². The van der Waals surface area contributed by atoms with Gasteiger partial charge in [-0.1, -0.05) is 24.3 Å². The fraction of sp³-hybridized carbons (Fsp3) is 0.632. The summed E-state index contributed by atoms with van der Waals surface area (Å²) in [6.07, 6.45) is 5.94. The largest absolute Gasteiger partial charge is 0.349 e. The Balaban J connectivity index is 1.47. The zero-order valence-corrected chi connectivity index (χ0v) is 13.4. The molecule has 2 aliphatic carbocycles. The van der Waals surface area contributed by atoms with Gasteiger partial charge in [-0.15, -0.1) is 0 Å². The van der Waals surface area contributed by atoms with E-state index >= 15 is 0 Å². The summed E-state index contributed by atoms with van der Waals surface area (Å²) >= 11 is 0. The minimum absolute atomic E-state index is 0.230. The third-order valence-corrected chi connectivity index (χ3v) is 6.02. The first-order chi connectivity index (χ1) is 10.7. The molecule has 22 heavy (non-hydrogen) atoms. The predicted octanol–water partition coefficient (Wildman–Crippen LogP) is 2.95. The van der Waals surface area contributed by atoms with Crippen LogP contribution in [-0.2, 0) is 4.79 Å². The maximum absolute atomic E-state index is 12.8. The molecule has 1 amide bonds. The van der Waals surface area contributed by atoms with Gasteiger partial charge in [0.1, 0.15) is 0 Å². The van der Waals surface area contributed by atoms with E-state index in [1.807, 2.05) is 0 Å². The van der Waals surface area contributed by atoms with Crippen molar-refractivity contribution in [3.8, 4) is 0 Å². The smallest absolute Gasteiger partial charge is 0.224 e. The number of benzene rings is 1. The van der Waals surface area contributed by atoms with Crippen LogP contribution in [0.25, 0.3) is 0 Å². The molecule has 1 aromatic carbocycles. The van der Waals surface area contributed by atoms with Gasteiger partial charge < -0.3 is 10.6 Å². The Morgan fingerprint density at radius 1 is 1.27 bits per heavy atom. The second-order valence-corrected chi connectivity index (χ2v) is 7.55. The van der Waals surface area contributed by atoms with E-state index in [1.165, 1.54) is 36.8 Å². The van der Waals surface area contributed by atoms with Gasteiger partial charge in [0.15, 0.2) is 0 Å². The van der Waals surface area contributed by atoms with Crippen LogP contribution in [0.4, 0.5) is 0 Å². The molecule has 2 N–H and O–H groups in total. The first-order valence-corrected chi connectivity index (χ1v) is 8.76. The highest BCUT2D eigenvalue weighted by Crippen LogP contribution is 2.59. The molecule has 1 aromatic rings. The van der Waals surface area contributed by atoms with Gasteiger partial charge in [0.05, 0.1) is 6.04 Å². The highest BCUT2D eigenvalue weighted by molar-refractivity contribution is 5.83. The SMILES string of the molecule is Cc1ccccc1C(NC(=O)C1CC12CCNCC2)C1CC1. The van der Waals surface area contributed by atoms with Gasteiger partial charge in [-0.3, -0.25) is 4.79 Å². The topological polar surface area (TPSA) is 41.1 Å². The normalized spacial score (nSPS) is 27.4. The zero-order chi connectivity index (χ0) is 15.2. The van der Waals surface area contributed by atoms with E-state index in [9.17, 15) is 4.79 Å². The van der Waals surface area contributed by atoms with Crippen molar-refractivity contribution < 1.29 is 4.79 Å². The first-order valence-electron chi connectivity index (χ1n) is 8.76. The third-order valence-electron chi connectivity index (χ3n) is 6.02. The standard InChI is InChI=1S/C19H26N2O/c1-13-4-2-3-5-15(13)17(14-6-7-14)21-18(22)16-12-19(16)8-10-20-11-9-19/h2-5,14,16-17,20H,6-12H2,1H3,(H,21,22). The Kier molecular flexibility index (Phi) is 3.48. The van der Waals surface area contributed by atoms with Crippen LogP contribution in [0.2, 0.25) is 0 Å². The number of hydrogen-bond donors (Lipinski definition) is 2.